The summed E-state index contributed by atoms with van der Waals surface area (Å²) in [6.45, 7) is 4.82. The van der Waals surface area contributed by atoms with Crippen molar-refractivity contribution >= 4 is 0 Å². The fourth-order valence-corrected chi connectivity index (χ4v) is 1.37. The van der Waals surface area contributed by atoms with E-state index >= 15 is 0 Å². The third-order valence-corrected chi connectivity index (χ3v) is 2.30. The lowest BCUT2D eigenvalue weighted by atomic mass is 10.2. The molecule has 0 spiro atoms. The Morgan fingerprint density at radius 2 is 2.25 bits per heavy atom. The SMILES string of the molecule is C=CCCCOc1cc(OC)ccc1CN. The lowest BCUT2D eigenvalue weighted by Gasteiger charge is -2.11. The molecule has 0 saturated heterocycles. The molecule has 0 amide bonds. The Hall–Kier alpha value is -1.48. The molecule has 88 valence electrons. The summed E-state index contributed by atoms with van der Waals surface area (Å²) in [5.74, 6) is 1.60. The van der Waals surface area contributed by atoms with Crippen molar-refractivity contribution in [2.75, 3.05) is 13.7 Å². The highest BCUT2D eigenvalue weighted by Crippen LogP contribution is 2.24. The molecule has 0 fully saturated rings. The second-order valence-corrected chi connectivity index (χ2v) is 3.46. The average Bonchev–Trinajstić information content (AvgIpc) is 2.34. The molecular weight excluding hydrogens is 202 g/mol. The molecule has 1 aromatic rings. The molecule has 0 bridgehead atoms. The number of hydrogen-bond donors (Lipinski definition) is 1. The standard InChI is InChI=1S/C13H19NO2/c1-3-4-5-8-16-13-9-12(15-2)7-6-11(13)10-14/h3,6-7,9H,1,4-5,8,10,14H2,2H3. The van der Waals surface area contributed by atoms with Crippen LogP contribution in [0.15, 0.2) is 30.9 Å². The van der Waals surface area contributed by atoms with E-state index in [1.54, 1.807) is 7.11 Å². The van der Waals surface area contributed by atoms with Crippen LogP contribution >= 0.6 is 0 Å². The Morgan fingerprint density at radius 1 is 1.44 bits per heavy atom. The zero-order chi connectivity index (χ0) is 11.8. The maximum Gasteiger partial charge on any atom is 0.127 e. The molecule has 0 aliphatic carbocycles. The van der Waals surface area contributed by atoms with E-state index in [4.69, 9.17) is 15.2 Å². The van der Waals surface area contributed by atoms with Gasteiger partial charge in [0.05, 0.1) is 13.7 Å². The van der Waals surface area contributed by atoms with Crippen LogP contribution in [0.1, 0.15) is 18.4 Å². The first-order chi connectivity index (χ1) is 7.81. The van der Waals surface area contributed by atoms with Gasteiger partial charge in [-0.2, -0.15) is 0 Å². The van der Waals surface area contributed by atoms with Crippen LogP contribution in [0, 0.1) is 0 Å². The highest BCUT2D eigenvalue weighted by atomic mass is 16.5. The molecule has 3 heteroatoms. The summed E-state index contributed by atoms with van der Waals surface area (Å²) in [4.78, 5) is 0. The molecule has 0 heterocycles. The van der Waals surface area contributed by atoms with E-state index in [-0.39, 0.29) is 0 Å². The van der Waals surface area contributed by atoms with Crippen molar-refractivity contribution in [3.8, 4) is 11.5 Å². The smallest absolute Gasteiger partial charge is 0.127 e. The highest BCUT2D eigenvalue weighted by molar-refractivity contribution is 5.40. The van der Waals surface area contributed by atoms with Crippen LogP contribution in [-0.4, -0.2) is 13.7 Å². The number of methoxy groups -OCH3 is 1. The van der Waals surface area contributed by atoms with E-state index < -0.39 is 0 Å². The van der Waals surface area contributed by atoms with E-state index in [1.165, 1.54) is 0 Å². The minimum Gasteiger partial charge on any atom is -0.497 e. The second-order valence-electron chi connectivity index (χ2n) is 3.46. The van der Waals surface area contributed by atoms with Crippen molar-refractivity contribution in [3.05, 3.63) is 36.4 Å². The number of allylic oxidation sites excluding steroid dienone is 1. The summed E-state index contributed by atoms with van der Waals surface area (Å²) >= 11 is 0. The van der Waals surface area contributed by atoms with Crippen LogP contribution in [0.25, 0.3) is 0 Å². The Bertz CT molecular complexity index is 337. The molecule has 1 rings (SSSR count). The van der Waals surface area contributed by atoms with Crippen molar-refractivity contribution in [1.82, 2.24) is 0 Å². The fraction of sp³-hybridized carbons (Fsp3) is 0.385. The largest absolute Gasteiger partial charge is 0.497 e. The van der Waals surface area contributed by atoms with Crippen molar-refractivity contribution in [2.24, 2.45) is 5.73 Å². The van der Waals surface area contributed by atoms with Crippen molar-refractivity contribution in [2.45, 2.75) is 19.4 Å². The molecule has 1 aromatic carbocycles. The van der Waals surface area contributed by atoms with E-state index in [0.29, 0.717) is 13.2 Å². The van der Waals surface area contributed by atoms with Gasteiger partial charge in [-0.15, -0.1) is 6.58 Å². The number of rotatable bonds is 7. The van der Waals surface area contributed by atoms with Gasteiger partial charge in [0, 0.05) is 18.2 Å². The third kappa shape index (κ3) is 3.59. The molecule has 0 aliphatic heterocycles. The number of benzene rings is 1. The molecule has 3 nitrogen and oxygen atoms in total. The van der Waals surface area contributed by atoms with Crippen molar-refractivity contribution < 1.29 is 9.47 Å². The maximum atomic E-state index is 5.66. The molecule has 0 radical (unpaired) electrons. The lowest BCUT2D eigenvalue weighted by Crippen LogP contribution is -2.04. The van der Waals surface area contributed by atoms with Crippen molar-refractivity contribution in [3.63, 3.8) is 0 Å². The molecule has 16 heavy (non-hydrogen) atoms. The normalized spacial score (nSPS) is 9.88. The van der Waals surface area contributed by atoms with Gasteiger partial charge in [-0.25, -0.2) is 0 Å². The first kappa shape index (κ1) is 12.6. The van der Waals surface area contributed by atoms with Gasteiger partial charge in [-0.1, -0.05) is 12.1 Å². The molecular formula is C13H19NO2. The van der Waals surface area contributed by atoms with Crippen LogP contribution in [0.3, 0.4) is 0 Å². The van der Waals surface area contributed by atoms with E-state index in [2.05, 4.69) is 6.58 Å². The van der Waals surface area contributed by atoms with E-state index in [9.17, 15) is 0 Å². The summed E-state index contributed by atoms with van der Waals surface area (Å²) < 4.78 is 10.8. The Kier molecular flexibility index (Phi) is 5.43. The minimum atomic E-state index is 0.473. The third-order valence-electron chi connectivity index (χ3n) is 2.30. The summed E-state index contributed by atoms with van der Waals surface area (Å²) in [7, 11) is 1.64. The van der Waals surface area contributed by atoms with Gasteiger partial charge in [0.15, 0.2) is 0 Å². The van der Waals surface area contributed by atoms with E-state index in [1.807, 2.05) is 24.3 Å². The fourth-order valence-electron chi connectivity index (χ4n) is 1.37. The minimum absolute atomic E-state index is 0.473. The topological polar surface area (TPSA) is 44.5 Å². The molecule has 0 saturated carbocycles. The number of hydrogen-bond acceptors (Lipinski definition) is 3. The van der Waals surface area contributed by atoms with Gasteiger partial charge < -0.3 is 15.2 Å². The molecule has 0 aromatic heterocycles. The highest BCUT2D eigenvalue weighted by Gasteiger charge is 2.04. The number of ether oxygens (including phenoxy) is 2. The second kappa shape index (κ2) is 6.90. The predicted molar refractivity (Wildman–Crippen MR) is 65.8 cm³/mol. The quantitative estimate of drug-likeness (QED) is 0.568. The van der Waals surface area contributed by atoms with Crippen LogP contribution in [0.4, 0.5) is 0 Å². The van der Waals surface area contributed by atoms with Crippen molar-refractivity contribution in [1.29, 1.82) is 0 Å². The average molecular weight is 221 g/mol. The zero-order valence-electron chi connectivity index (χ0n) is 9.74. The summed E-state index contributed by atoms with van der Waals surface area (Å²) in [5.41, 5.74) is 6.64. The molecule has 0 unspecified atom stereocenters. The Morgan fingerprint density at radius 3 is 2.88 bits per heavy atom. The lowest BCUT2D eigenvalue weighted by molar-refractivity contribution is 0.306. The van der Waals surface area contributed by atoms with Gasteiger partial charge in [-0.05, 0) is 18.9 Å². The van der Waals surface area contributed by atoms with E-state index in [0.717, 1.165) is 29.9 Å². The first-order valence-corrected chi connectivity index (χ1v) is 5.42. The predicted octanol–water partition coefficient (Wildman–Crippen LogP) is 2.50. The maximum absolute atomic E-state index is 5.66. The van der Waals surface area contributed by atoms with Gasteiger partial charge in [-0.3, -0.25) is 0 Å². The molecule has 0 atom stereocenters. The number of unbranched alkanes of at least 4 members (excludes halogenated alkanes) is 1. The Labute approximate surface area is 96.9 Å². The summed E-state index contributed by atoms with van der Waals surface area (Å²) in [5, 5.41) is 0. The van der Waals surface area contributed by atoms with Crippen LogP contribution in [0.2, 0.25) is 0 Å². The molecule has 2 N–H and O–H groups in total. The van der Waals surface area contributed by atoms with Crippen LogP contribution in [0.5, 0.6) is 11.5 Å². The van der Waals surface area contributed by atoms with Gasteiger partial charge >= 0.3 is 0 Å². The summed E-state index contributed by atoms with van der Waals surface area (Å²) in [6, 6.07) is 5.69. The first-order valence-electron chi connectivity index (χ1n) is 5.42. The monoisotopic (exact) mass is 221 g/mol. The number of nitrogens with two attached hydrogens (primary N) is 1. The zero-order valence-corrected chi connectivity index (χ0v) is 9.74. The van der Waals surface area contributed by atoms with Gasteiger partial charge in [0.25, 0.3) is 0 Å². The van der Waals surface area contributed by atoms with Gasteiger partial charge in [0.2, 0.25) is 0 Å². The Balaban J connectivity index is 2.63. The van der Waals surface area contributed by atoms with Crippen LogP contribution < -0.4 is 15.2 Å². The summed E-state index contributed by atoms with van der Waals surface area (Å²) in [6.07, 6.45) is 3.81. The van der Waals surface area contributed by atoms with Gasteiger partial charge in [0.1, 0.15) is 11.5 Å². The van der Waals surface area contributed by atoms with Crippen LogP contribution in [-0.2, 0) is 6.54 Å². The molecule has 0 aliphatic rings.